The predicted octanol–water partition coefficient (Wildman–Crippen LogP) is 3.95. The number of nitro groups is 1. The Morgan fingerprint density at radius 3 is 1.63 bits per heavy atom. The average Bonchev–Trinajstić information content (AvgIpc) is 2.73. The molecule has 0 atom stereocenters. The van der Waals surface area contributed by atoms with Crippen molar-refractivity contribution < 1.29 is 20.2 Å². The summed E-state index contributed by atoms with van der Waals surface area (Å²) in [6.45, 7) is -0.0317. The van der Waals surface area contributed by atoms with Crippen LogP contribution in [0.3, 0.4) is 0 Å². The second kappa shape index (κ2) is 9.33. The first-order valence-corrected chi connectivity index (χ1v) is 9.00. The average molecular weight is 405 g/mol. The van der Waals surface area contributed by atoms with E-state index in [9.17, 15) is 25.4 Å². The summed E-state index contributed by atoms with van der Waals surface area (Å²) in [6, 6.07) is 15.7. The van der Waals surface area contributed by atoms with Crippen LogP contribution in [0.2, 0.25) is 0 Å². The SMILES string of the molecule is O=[N+]([O-])c1cc(CN=Cc2ccccc2O)c(O)c(CN=Cc2ccccc2O)c1. The van der Waals surface area contributed by atoms with Crippen LogP contribution < -0.4 is 0 Å². The molecule has 0 bridgehead atoms. The van der Waals surface area contributed by atoms with E-state index in [1.54, 1.807) is 36.4 Å². The number of para-hydroxylation sites is 2. The van der Waals surface area contributed by atoms with Gasteiger partial charge >= 0.3 is 0 Å². The molecule has 0 heterocycles. The topological polar surface area (TPSA) is 129 Å². The maximum absolute atomic E-state index is 11.3. The van der Waals surface area contributed by atoms with Crippen LogP contribution in [0.15, 0.2) is 70.6 Å². The van der Waals surface area contributed by atoms with Gasteiger partial charge in [0, 0.05) is 46.8 Å². The first-order chi connectivity index (χ1) is 14.5. The molecule has 0 saturated heterocycles. The zero-order valence-corrected chi connectivity index (χ0v) is 15.8. The Morgan fingerprint density at radius 1 is 0.800 bits per heavy atom. The van der Waals surface area contributed by atoms with Gasteiger partial charge in [-0.3, -0.25) is 20.1 Å². The number of rotatable bonds is 7. The lowest BCUT2D eigenvalue weighted by Crippen LogP contribution is -1.96. The molecule has 8 heteroatoms. The highest BCUT2D eigenvalue weighted by molar-refractivity contribution is 5.83. The van der Waals surface area contributed by atoms with E-state index in [4.69, 9.17) is 0 Å². The lowest BCUT2D eigenvalue weighted by molar-refractivity contribution is -0.385. The number of aliphatic imine (C=N–C) groups is 2. The highest BCUT2D eigenvalue weighted by atomic mass is 16.6. The number of benzene rings is 3. The van der Waals surface area contributed by atoms with E-state index in [-0.39, 0.29) is 47.2 Å². The number of aromatic hydroxyl groups is 3. The van der Waals surface area contributed by atoms with Crippen molar-refractivity contribution in [2.24, 2.45) is 9.98 Å². The van der Waals surface area contributed by atoms with Gasteiger partial charge in [-0.25, -0.2) is 0 Å². The Bertz CT molecular complexity index is 1050. The summed E-state index contributed by atoms with van der Waals surface area (Å²) in [5, 5.41) is 41.3. The van der Waals surface area contributed by atoms with E-state index in [0.29, 0.717) is 11.1 Å². The summed E-state index contributed by atoms with van der Waals surface area (Å²) < 4.78 is 0. The molecule has 0 aliphatic carbocycles. The van der Waals surface area contributed by atoms with Crippen molar-refractivity contribution >= 4 is 18.1 Å². The molecule has 3 aromatic carbocycles. The maximum Gasteiger partial charge on any atom is 0.270 e. The number of nitrogens with zero attached hydrogens (tertiary/aromatic N) is 3. The third-order valence-corrected chi connectivity index (χ3v) is 4.32. The number of hydrogen-bond donors (Lipinski definition) is 3. The molecule has 0 spiro atoms. The van der Waals surface area contributed by atoms with E-state index in [1.807, 2.05) is 0 Å². The lowest BCUT2D eigenvalue weighted by Gasteiger charge is -2.07. The Kier molecular flexibility index (Phi) is 6.39. The number of hydrogen-bond acceptors (Lipinski definition) is 7. The summed E-state index contributed by atoms with van der Waals surface area (Å²) in [6.07, 6.45) is 2.87. The van der Waals surface area contributed by atoms with Gasteiger partial charge < -0.3 is 15.3 Å². The first-order valence-electron chi connectivity index (χ1n) is 9.00. The first kappa shape index (κ1) is 20.5. The standard InChI is InChI=1S/C22H19N3O5/c26-20-7-3-1-5-15(20)11-23-13-17-9-19(25(29)30)10-18(22(17)28)14-24-12-16-6-2-4-8-21(16)27/h1-12,26-28H,13-14H2. The van der Waals surface area contributed by atoms with Crippen LogP contribution in [-0.2, 0) is 13.1 Å². The summed E-state index contributed by atoms with van der Waals surface area (Å²) in [5.41, 5.74) is 1.34. The molecule has 30 heavy (non-hydrogen) atoms. The molecule has 0 saturated carbocycles. The van der Waals surface area contributed by atoms with E-state index in [0.717, 1.165) is 0 Å². The van der Waals surface area contributed by atoms with E-state index < -0.39 is 4.92 Å². The minimum Gasteiger partial charge on any atom is -0.507 e. The van der Waals surface area contributed by atoms with Crippen molar-refractivity contribution in [1.82, 2.24) is 0 Å². The Morgan fingerprint density at radius 2 is 1.23 bits per heavy atom. The van der Waals surface area contributed by atoms with E-state index in [1.165, 1.54) is 36.7 Å². The monoisotopic (exact) mass is 405 g/mol. The van der Waals surface area contributed by atoms with Crippen molar-refractivity contribution in [3.05, 3.63) is 93.0 Å². The number of non-ortho nitro benzene ring substituents is 1. The molecule has 0 aliphatic rings. The zero-order valence-electron chi connectivity index (χ0n) is 15.8. The smallest absolute Gasteiger partial charge is 0.270 e. The molecule has 0 amide bonds. The molecule has 3 N–H and O–H groups in total. The molecular weight excluding hydrogens is 386 g/mol. The van der Waals surface area contributed by atoms with Crippen LogP contribution in [0, 0.1) is 10.1 Å². The molecule has 152 valence electrons. The van der Waals surface area contributed by atoms with Gasteiger partial charge in [0.25, 0.3) is 5.69 Å². The highest BCUT2D eigenvalue weighted by Gasteiger charge is 2.15. The molecule has 0 aliphatic heterocycles. The molecule has 0 radical (unpaired) electrons. The van der Waals surface area contributed by atoms with Crippen LogP contribution in [-0.4, -0.2) is 32.7 Å². The molecule has 0 unspecified atom stereocenters. The second-order valence-electron chi connectivity index (χ2n) is 6.43. The van der Waals surface area contributed by atoms with Crippen molar-refractivity contribution in [1.29, 1.82) is 0 Å². The molecule has 8 nitrogen and oxygen atoms in total. The molecule has 3 rings (SSSR count). The largest absolute Gasteiger partial charge is 0.507 e. The molecule has 3 aromatic rings. The van der Waals surface area contributed by atoms with Crippen LogP contribution >= 0.6 is 0 Å². The maximum atomic E-state index is 11.3. The van der Waals surface area contributed by atoms with E-state index in [2.05, 4.69) is 9.98 Å². The molecular formula is C22H19N3O5. The van der Waals surface area contributed by atoms with Gasteiger partial charge in [0.15, 0.2) is 0 Å². The highest BCUT2D eigenvalue weighted by Crippen LogP contribution is 2.30. The summed E-state index contributed by atoms with van der Waals surface area (Å²) in [5.74, 6) is -0.0168. The Hall–Kier alpha value is -4.20. The zero-order chi connectivity index (χ0) is 21.5. The fourth-order valence-corrected chi connectivity index (χ4v) is 2.77. The van der Waals surface area contributed by atoms with Gasteiger partial charge in [-0.15, -0.1) is 0 Å². The third kappa shape index (κ3) is 4.99. The van der Waals surface area contributed by atoms with Crippen LogP contribution in [0.4, 0.5) is 5.69 Å². The van der Waals surface area contributed by atoms with Gasteiger partial charge in [0.2, 0.25) is 0 Å². The fraction of sp³-hybridized carbons (Fsp3) is 0.0909. The van der Waals surface area contributed by atoms with Crippen molar-refractivity contribution in [3.63, 3.8) is 0 Å². The van der Waals surface area contributed by atoms with Crippen LogP contribution in [0.1, 0.15) is 22.3 Å². The number of phenols is 3. The Balaban J connectivity index is 1.83. The summed E-state index contributed by atoms with van der Waals surface area (Å²) >= 11 is 0. The lowest BCUT2D eigenvalue weighted by atomic mass is 10.1. The number of phenolic OH excluding ortho intramolecular Hbond substituents is 3. The van der Waals surface area contributed by atoms with Gasteiger partial charge in [-0.1, -0.05) is 24.3 Å². The van der Waals surface area contributed by atoms with Gasteiger partial charge in [-0.2, -0.15) is 0 Å². The normalized spacial score (nSPS) is 11.3. The molecule has 0 fully saturated rings. The quantitative estimate of drug-likeness (QED) is 0.311. The minimum absolute atomic E-state index is 0.0158. The minimum atomic E-state index is -0.550. The van der Waals surface area contributed by atoms with Crippen LogP contribution in [0.25, 0.3) is 0 Å². The van der Waals surface area contributed by atoms with Crippen molar-refractivity contribution in [2.75, 3.05) is 0 Å². The predicted molar refractivity (Wildman–Crippen MR) is 114 cm³/mol. The fourth-order valence-electron chi connectivity index (χ4n) is 2.77. The van der Waals surface area contributed by atoms with Crippen molar-refractivity contribution in [2.45, 2.75) is 13.1 Å². The van der Waals surface area contributed by atoms with Crippen molar-refractivity contribution in [3.8, 4) is 17.2 Å². The second-order valence-corrected chi connectivity index (χ2v) is 6.43. The van der Waals surface area contributed by atoms with E-state index >= 15 is 0 Å². The molecule has 0 aromatic heterocycles. The van der Waals surface area contributed by atoms with Gasteiger partial charge in [-0.05, 0) is 24.3 Å². The van der Waals surface area contributed by atoms with Crippen LogP contribution in [0.5, 0.6) is 17.2 Å². The number of nitro benzene ring substituents is 1. The summed E-state index contributed by atoms with van der Waals surface area (Å²) in [7, 11) is 0. The third-order valence-electron chi connectivity index (χ3n) is 4.32. The summed E-state index contributed by atoms with van der Waals surface area (Å²) in [4.78, 5) is 19.1. The van der Waals surface area contributed by atoms with Gasteiger partial charge in [0.1, 0.15) is 17.2 Å². The van der Waals surface area contributed by atoms with Gasteiger partial charge in [0.05, 0.1) is 18.0 Å². The Labute approximate surface area is 172 Å².